The van der Waals surface area contributed by atoms with Gasteiger partial charge in [-0.05, 0) is 36.8 Å². The summed E-state index contributed by atoms with van der Waals surface area (Å²) in [5, 5.41) is 0. The third-order valence-corrected chi connectivity index (χ3v) is 3.43. The summed E-state index contributed by atoms with van der Waals surface area (Å²) in [6, 6.07) is 11.1. The first-order valence-electron chi connectivity index (χ1n) is 6.48. The zero-order valence-corrected chi connectivity index (χ0v) is 11.6. The van der Waals surface area contributed by atoms with Crippen molar-refractivity contribution in [3.63, 3.8) is 0 Å². The molecule has 2 N–H and O–H groups in total. The van der Waals surface area contributed by atoms with Crippen LogP contribution in [-0.4, -0.2) is 13.6 Å². The average Bonchev–Trinajstić information content (AvgIpc) is 2.42. The van der Waals surface area contributed by atoms with Crippen molar-refractivity contribution in [2.24, 2.45) is 5.73 Å². The van der Waals surface area contributed by atoms with Gasteiger partial charge in [0.1, 0.15) is 11.6 Å². The molecule has 0 heterocycles. The highest BCUT2D eigenvalue weighted by molar-refractivity contribution is 5.50. The number of anilines is 1. The molecule has 0 fully saturated rings. The second-order valence-electron chi connectivity index (χ2n) is 4.84. The van der Waals surface area contributed by atoms with Crippen molar-refractivity contribution >= 4 is 5.69 Å². The predicted octanol–water partition coefficient (Wildman–Crippen LogP) is 3.41. The predicted molar refractivity (Wildman–Crippen MR) is 77.7 cm³/mol. The lowest BCUT2D eigenvalue weighted by Crippen LogP contribution is -2.32. The van der Waals surface area contributed by atoms with Crippen LogP contribution in [0, 0.1) is 18.6 Å². The number of benzene rings is 2. The van der Waals surface area contributed by atoms with Crippen molar-refractivity contribution in [1.29, 1.82) is 0 Å². The molecule has 0 aliphatic heterocycles. The highest BCUT2D eigenvalue weighted by Gasteiger charge is 2.23. The molecule has 0 bridgehead atoms. The Morgan fingerprint density at radius 3 is 2.25 bits per heavy atom. The Bertz CT molecular complexity index is 579. The molecular weight excluding hydrogens is 258 g/mol. The summed E-state index contributed by atoms with van der Waals surface area (Å²) in [4.78, 5) is 1.80. The molecule has 0 aliphatic rings. The Balaban J connectivity index is 2.42. The molecule has 0 saturated carbocycles. The zero-order valence-electron chi connectivity index (χ0n) is 11.6. The van der Waals surface area contributed by atoms with Gasteiger partial charge in [0, 0.05) is 24.8 Å². The molecular formula is C16H18F2N2. The van der Waals surface area contributed by atoms with Gasteiger partial charge in [-0.15, -0.1) is 0 Å². The first-order valence-corrected chi connectivity index (χ1v) is 6.48. The smallest absolute Gasteiger partial charge is 0.131 e. The van der Waals surface area contributed by atoms with Gasteiger partial charge in [-0.25, -0.2) is 8.78 Å². The SMILES string of the molecule is Cc1cccc(N(C)C(CN)c2c(F)cccc2F)c1. The molecule has 2 nitrogen and oxygen atoms in total. The van der Waals surface area contributed by atoms with E-state index in [9.17, 15) is 8.78 Å². The fourth-order valence-corrected chi connectivity index (χ4v) is 2.33. The van der Waals surface area contributed by atoms with Crippen LogP contribution < -0.4 is 10.6 Å². The van der Waals surface area contributed by atoms with E-state index < -0.39 is 17.7 Å². The number of nitrogens with zero attached hydrogens (tertiary/aromatic N) is 1. The van der Waals surface area contributed by atoms with Gasteiger partial charge in [0.15, 0.2) is 0 Å². The standard InChI is InChI=1S/C16H18F2N2/c1-11-5-3-6-12(9-11)20(2)15(10-19)16-13(17)7-4-8-14(16)18/h3-9,15H,10,19H2,1-2H3. The van der Waals surface area contributed by atoms with E-state index in [0.717, 1.165) is 11.3 Å². The van der Waals surface area contributed by atoms with Crippen LogP contribution in [0.15, 0.2) is 42.5 Å². The lowest BCUT2D eigenvalue weighted by Gasteiger charge is -2.30. The quantitative estimate of drug-likeness (QED) is 0.927. The molecule has 2 aromatic rings. The number of hydrogen-bond acceptors (Lipinski definition) is 2. The largest absolute Gasteiger partial charge is 0.366 e. The van der Waals surface area contributed by atoms with E-state index in [0.29, 0.717) is 0 Å². The van der Waals surface area contributed by atoms with Crippen LogP contribution >= 0.6 is 0 Å². The van der Waals surface area contributed by atoms with Crippen LogP contribution in [0.5, 0.6) is 0 Å². The Kier molecular flexibility index (Phi) is 4.35. The first kappa shape index (κ1) is 14.5. The molecule has 2 aromatic carbocycles. The van der Waals surface area contributed by atoms with Crippen LogP contribution in [0.4, 0.5) is 14.5 Å². The fourth-order valence-electron chi connectivity index (χ4n) is 2.33. The van der Waals surface area contributed by atoms with Crippen LogP contribution in [0.1, 0.15) is 17.2 Å². The van der Waals surface area contributed by atoms with Gasteiger partial charge in [-0.2, -0.15) is 0 Å². The van der Waals surface area contributed by atoms with E-state index in [4.69, 9.17) is 5.73 Å². The lowest BCUT2D eigenvalue weighted by molar-refractivity contribution is 0.519. The van der Waals surface area contributed by atoms with Crippen molar-refractivity contribution < 1.29 is 8.78 Å². The number of halogens is 2. The molecule has 0 aromatic heterocycles. The molecule has 0 radical (unpaired) electrons. The molecule has 4 heteroatoms. The van der Waals surface area contributed by atoms with Crippen molar-refractivity contribution in [2.75, 3.05) is 18.5 Å². The van der Waals surface area contributed by atoms with E-state index in [1.165, 1.54) is 18.2 Å². The molecule has 0 saturated heterocycles. The number of rotatable bonds is 4. The van der Waals surface area contributed by atoms with Gasteiger partial charge in [0.05, 0.1) is 6.04 Å². The maximum Gasteiger partial charge on any atom is 0.131 e. The van der Waals surface area contributed by atoms with E-state index in [2.05, 4.69) is 0 Å². The molecule has 1 atom stereocenters. The minimum absolute atomic E-state index is 0.0130. The highest BCUT2D eigenvalue weighted by Crippen LogP contribution is 2.28. The summed E-state index contributed by atoms with van der Waals surface area (Å²) in [6.45, 7) is 2.10. The van der Waals surface area contributed by atoms with Crippen molar-refractivity contribution in [3.8, 4) is 0 Å². The Labute approximate surface area is 117 Å². The number of nitrogens with two attached hydrogens (primary N) is 1. The fraction of sp³-hybridized carbons (Fsp3) is 0.250. The monoisotopic (exact) mass is 276 g/mol. The first-order chi connectivity index (χ1) is 9.54. The van der Waals surface area contributed by atoms with Gasteiger partial charge in [-0.3, -0.25) is 0 Å². The van der Waals surface area contributed by atoms with Gasteiger partial charge in [0.2, 0.25) is 0 Å². The van der Waals surface area contributed by atoms with Crippen LogP contribution in [-0.2, 0) is 0 Å². The summed E-state index contributed by atoms with van der Waals surface area (Å²) in [6.07, 6.45) is 0. The van der Waals surface area contributed by atoms with Crippen molar-refractivity contribution in [2.45, 2.75) is 13.0 Å². The summed E-state index contributed by atoms with van der Waals surface area (Å²) < 4.78 is 27.8. The van der Waals surface area contributed by atoms with Crippen LogP contribution in [0.25, 0.3) is 0 Å². The van der Waals surface area contributed by atoms with E-state index in [1.807, 2.05) is 31.2 Å². The Morgan fingerprint density at radius 2 is 1.70 bits per heavy atom. The topological polar surface area (TPSA) is 29.3 Å². The number of hydrogen-bond donors (Lipinski definition) is 1. The molecule has 0 amide bonds. The minimum atomic E-state index is -0.569. The molecule has 106 valence electrons. The van der Waals surface area contributed by atoms with Crippen LogP contribution in [0.3, 0.4) is 0 Å². The lowest BCUT2D eigenvalue weighted by atomic mass is 10.0. The third kappa shape index (κ3) is 2.80. The average molecular weight is 276 g/mol. The van der Waals surface area contributed by atoms with Crippen molar-refractivity contribution in [3.05, 3.63) is 65.2 Å². The normalized spacial score (nSPS) is 12.2. The zero-order chi connectivity index (χ0) is 14.7. The maximum atomic E-state index is 13.9. The number of aryl methyl sites for hydroxylation is 1. The molecule has 2 rings (SSSR count). The molecule has 20 heavy (non-hydrogen) atoms. The molecule has 0 spiro atoms. The summed E-state index contributed by atoms with van der Waals surface area (Å²) >= 11 is 0. The minimum Gasteiger partial charge on any atom is -0.366 e. The summed E-state index contributed by atoms with van der Waals surface area (Å²) in [5.41, 5.74) is 7.72. The van der Waals surface area contributed by atoms with Gasteiger partial charge < -0.3 is 10.6 Å². The van der Waals surface area contributed by atoms with E-state index >= 15 is 0 Å². The van der Waals surface area contributed by atoms with Crippen molar-refractivity contribution in [1.82, 2.24) is 0 Å². The van der Waals surface area contributed by atoms with E-state index in [1.54, 1.807) is 11.9 Å². The van der Waals surface area contributed by atoms with Crippen LogP contribution in [0.2, 0.25) is 0 Å². The Hall–Kier alpha value is -1.94. The number of likely N-dealkylation sites (N-methyl/N-ethyl adjacent to an activating group) is 1. The molecule has 1 unspecified atom stereocenters. The maximum absolute atomic E-state index is 13.9. The van der Waals surface area contributed by atoms with E-state index in [-0.39, 0.29) is 12.1 Å². The Morgan fingerprint density at radius 1 is 1.10 bits per heavy atom. The third-order valence-electron chi connectivity index (χ3n) is 3.43. The second-order valence-corrected chi connectivity index (χ2v) is 4.84. The second kappa shape index (κ2) is 6.01. The molecule has 0 aliphatic carbocycles. The van der Waals surface area contributed by atoms with Gasteiger partial charge in [-0.1, -0.05) is 18.2 Å². The van der Waals surface area contributed by atoms with Gasteiger partial charge in [0.25, 0.3) is 0 Å². The highest BCUT2D eigenvalue weighted by atomic mass is 19.1. The summed E-state index contributed by atoms with van der Waals surface area (Å²) in [5.74, 6) is -1.14. The summed E-state index contributed by atoms with van der Waals surface area (Å²) in [7, 11) is 1.79. The van der Waals surface area contributed by atoms with Gasteiger partial charge >= 0.3 is 0 Å².